The fourth-order valence-electron chi connectivity index (χ4n) is 3.32. The summed E-state index contributed by atoms with van der Waals surface area (Å²) < 4.78 is 28.8. The van der Waals surface area contributed by atoms with Crippen molar-refractivity contribution in [1.82, 2.24) is 24.1 Å². The van der Waals surface area contributed by atoms with Crippen LogP contribution >= 0.6 is 11.6 Å². The van der Waals surface area contributed by atoms with Crippen LogP contribution in [0, 0.1) is 0 Å². The fraction of sp³-hybridized carbons (Fsp3) is 0.182. The van der Waals surface area contributed by atoms with Crippen LogP contribution < -0.4 is 0 Å². The lowest BCUT2D eigenvalue weighted by atomic mass is 10.3. The van der Waals surface area contributed by atoms with Gasteiger partial charge in [-0.2, -0.15) is 9.40 Å². The smallest absolute Gasteiger partial charge is 0.243 e. The number of para-hydroxylation sites is 1. The number of sulfonamides is 1. The predicted molar refractivity (Wildman–Crippen MR) is 123 cm³/mol. The number of hydrogen-bond donors (Lipinski definition) is 1. The Morgan fingerprint density at radius 1 is 1.16 bits per heavy atom. The maximum absolute atomic E-state index is 12.8. The molecular formula is C22H22ClN5O2S. The Morgan fingerprint density at radius 2 is 1.90 bits per heavy atom. The van der Waals surface area contributed by atoms with Crippen molar-refractivity contribution < 1.29 is 8.42 Å². The van der Waals surface area contributed by atoms with Gasteiger partial charge in [-0.15, -0.1) is 0 Å². The number of benzene rings is 2. The zero-order chi connectivity index (χ0) is 22.0. The third kappa shape index (κ3) is 4.27. The summed E-state index contributed by atoms with van der Waals surface area (Å²) in [6.45, 7) is 4.46. The lowest BCUT2D eigenvalue weighted by molar-refractivity contribution is 0.445. The Morgan fingerprint density at radius 3 is 2.61 bits per heavy atom. The largest absolute Gasteiger partial charge is 0.337 e. The Balaban J connectivity index is 1.64. The van der Waals surface area contributed by atoms with Crippen LogP contribution in [0.3, 0.4) is 0 Å². The highest BCUT2D eigenvalue weighted by Gasteiger charge is 2.22. The van der Waals surface area contributed by atoms with Gasteiger partial charge >= 0.3 is 0 Å². The van der Waals surface area contributed by atoms with E-state index in [0.29, 0.717) is 35.0 Å². The molecule has 0 saturated heterocycles. The maximum atomic E-state index is 12.8. The van der Waals surface area contributed by atoms with Gasteiger partial charge in [0.15, 0.2) is 0 Å². The molecule has 1 N–H and O–H groups in total. The van der Waals surface area contributed by atoms with E-state index in [0.717, 1.165) is 11.3 Å². The Hall–Kier alpha value is -2.94. The Bertz CT molecular complexity index is 1340. The van der Waals surface area contributed by atoms with Gasteiger partial charge in [0, 0.05) is 24.8 Å². The Kier molecular flexibility index (Phi) is 5.95. The topological polar surface area (TPSA) is 83.9 Å². The quantitative estimate of drug-likeness (QED) is 0.444. The van der Waals surface area contributed by atoms with Crippen molar-refractivity contribution in [3.63, 3.8) is 0 Å². The molecule has 0 radical (unpaired) electrons. The van der Waals surface area contributed by atoms with E-state index in [-0.39, 0.29) is 4.90 Å². The molecule has 2 aromatic heterocycles. The van der Waals surface area contributed by atoms with Crippen molar-refractivity contribution in [3.8, 4) is 5.69 Å². The molecular weight excluding hydrogens is 434 g/mol. The molecule has 4 rings (SSSR count). The minimum atomic E-state index is -3.55. The van der Waals surface area contributed by atoms with Gasteiger partial charge in [0.1, 0.15) is 5.82 Å². The molecule has 0 aliphatic heterocycles. The van der Waals surface area contributed by atoms with Gasteiger partial charge in [0.2, 0.25) is 10.0 Å². The number of imidazole rings is 1. The monoisotopic (exact) mass is 455 g/mol. The van der Waals surface area contributed by atoms with Crippen LogP contribution in [0.5, 0.6) is 0 Å². The highest BCUT2D eigenvalue weighted by Crippen LogP contribution is 2.25. The summed E-state index contributed by atoms with van der Waals surface area (Å²) in [6, 6.07) is 14.6. The number of aromatic nitrogens is 4. The van der Waals surface area contributed by atoms with Crippen LogP contribution in [0.1, 0.15) is 25.2 Å². The maximum Gasteiger partial charge on any atom is 0.243 e. The number of hydrogen-bond acceptors (Lipinski definition) is 4. The molecule has 7 nitrogen and oxygen atoms in total. The lowest BCUT2D eigenvalue weighted by Crippen LogP contribution is -2.30. The summed E-state index contributed by atoms with van der Waals surface area (Å²) >= 11 is 6.50. The number of halogens is 1. The SMILES string of the molecule is CCN(CC)S(=O)(=O)c1ccc2nc(C(Cl)=Cc3cnn(-c4ccccc4)c3)[nH]c2c1. The van der Waals surface area contributed by atoms with Crippen LogP contribution in [-0.4, -0.2) is 45.6 Å². The number of nitrogens with one attached hydrogen (secondary N) is 1. The normalized spacial score (nSPS) is 12.7. The number of H-pyrrole nitrogens is 1. The second kappa shape index (κ2) is 8.66. The molecule has 4 aromatic rings. The van der Waals surface area contributed by atoms with E-state index in [2.05, 4.69) is 15.1 Å². The van der Waals surface area contributed by atoms with Crippen LogP contribution in [-0.2, 0) is 10.0 Å². The van der Waals surface area contributed by atoms with Crippen LogP contribution in [0.25, 0.3) is 27.8 Å². The lowest BCUT2D eigenvalue weighted by Gasteiger charge is -2.18. The van der Waals surface area contributed by atoms with Crippen molar-refractivity contribution in [3.05, 3.63) is 72.3 Å². The molecule has 0 spiro atoms. The molecule has 2 heterocycles. The van der Waals surface area contributed by atoms with Crippen molar-refractivity contribution >= 4 is 43.8 Å². The molecule has 31 heavy (non-hydrogen) atoms. The van der Waals surface area contributed by atoms with Crippen molar-refractivity contribution in [2.45, 2.75) is 18.7 Å². The van der Waals surface area contributed by atoms with E-state index in [4.69, 9.17) is 11.6 Å². The number of nitrogens with zero attached hydrogens (tertiary/aromatic N) is 4. The first-order chi connectivity index (χ1) is 14.9. The standard InChI is InChI=1S/C22H22ClN5O2S/c1-3-27(4-2)31(29,30)18-10-11-20-21(13-18)26-22(25-20)19(23)12-16-14-24-28(15-16)17-8-6-5-7-9-17/h5-15H,3-4H2,1-2H3,(H,25,26). The molecule has 0 unspecified atom stereocenters. The van der Waals surface area contributed by atoms with E-state index in [9.17, 15) is 8.42 Å². The van der Waals surface area contributed by atoms with Gasteiger partial charge in [-0.05, 0) is 36.4 Å². The second-order valence-corrected chi connectivity index (χ2v) is 9.24. The zero-order valence-corrected chi connectivity index (χ0v) is 18.7. The molecule has 0 amide bonds. The molecule has 0 aliphatic carbocycles. The summed E-state index contributed by atoms with van der Waals surface area (Å²) in [4.78, 5) is 7.84. The van der Waals surface area contributed by atoms with E-state index in [1.54, 1.807) is 35.2 Å². The van der Waals surface area contributed by atoms with Crippen LogP contribution in [0.15, 0.2) is 65.8 Å². The first-order valence-electron chi connectivity index (χ1n) is 9.90. The summed E-state index contributed by atoms with van der Waals surface area (Å²) in [5.41, 5.74) is 3.01. The van der Waals surface area contributed by atoms with Gasteiger partial charge in [0.25, 0.3) is 0 Å². The van der Waals surface area contributed by atoms with E-state index >= 15 is 0 Å². The summed E-state index contributed by atoms with van der Waals surface area (Å²) in [6.07, 6.45) is 5.35. The summed E-state index contributed by atoms with van der Waals surface area (Å²) in [5.74, 6) is 0.460. The van der Waals surface area contributed by atoms with Gasteiger partial charge in [-0.3, -0.25) is 0 Å². The third-order valence-electron chi connectivity index (χ3n) is 4.94. The second-order valence-electron chi connectivity index (χ2n) is 6.90. The third-order valence-corrected chi connectivity index (χ3v) is 7.27. The highest BCUT2D eigenvalue weighted by molar-refractivity contribution is 7.89. The first-order valence-corrected chi connectivity index (χ1v) is 11.7. The molecule has 0 bridgehead atoms. The molecule has 0 aliphatic rings. The molecule has 0 fully saturated rings. The predicted octanol–water partition coefficient (Wildman–Crippen LogP) is 4.52. The number of rotatable bonds is 7. The summed E-state index contributed by atoms with van der Waals surface area (Å²) in [5, 5.41) is 4.76. The molecule has 0 atom stereocenters. The Labute approximate surface area is 186 Å². The average Bonchev–Trinajstić information content (AvgIpc) is 3.41. The molecule has 0 saturated carbocycles. The molecule has 9 heteroatoms. The van der Waals surface area contributed by atoms with Crippen molar-refractivity contribution in [1.29, 1.82) is 0 Å². The van der Waals surface area contributed by atoms with Crippen LogP contribution in [0.2, 0.25) is 0 Å². The number of fused-ring (bicyclic) bond motifs is 1. The fourth-order valence-corrected chi connectivity index (χ4v) is 5.02. The minimum absolute atomic E-state index is 0.225. The molecule has 2 aromatic carbocycles. The van der Waals surface area contributed by atoms with Crippen molar-refractivity contribution in [2.75, 3.05) is 13.1 Å². The van der Waals surface area contributed by atoms with Gasteiger partial charge in [-0.25, -0.2) is 18.1 Å². The zero-order valence-electron chi connectivity index (χ0n) is 17.2. The van der Waals surface area contributed by atoms with Gasteiger partial charge in [0.05, 0.1) is 32.8 Å². The number of aromatic amines is 1. The minimum Gasteiger partial charge on any atom is -0.337 e. The van der Waals surface area contributed by atoms with E-state index in [1.165, 1.54) is 4.31 Å². The van der Waals surface area contributed by atoms with Gasteiger partial charge in [-0.1, -0.05) is 43.6 Å². The van der Waals surface area contributed by atoms with Crippen molar-refractivity contribution in [2.24, 2.45) is 0 Å². The average molecular weight is 456 g/mol. The van der Waals surface area contributed by atoms with Gasteiger partial charge < -0.3 is 4.98 Å². The molecule has 160 valence electrons. The first kappa shape index (κ1) is 21.3. The van der Waals surface area contributed by atoms with E-state index in [1.807, 2.05) is 50.4 Å². The summed E-state index contributed by atoms with van der Waals surface area (Å²) in [7, 11) is -3.55. The highest BCUT2D eigenvalue weighted by atomic mass is 35.5. The van der Waals surface area contributed by atoms with Crippen LogP contribution in [0.4, 0.5) is 0 Å². The van der Waals surface area contributed by atoms with E-state index < -0.39 is 10.0 Å².